The molecule has 90 valence electrons. The van der Waals surface area contributed by atoms with Gasteiger partial charge >= 0.3 is 5.97 Å². The van der Waals surface area contributed by atoms with Crippen molar-refractivity contribution in [2.75, 3.05) is 0 Å². The summed E-state index contributed by atoms with van der Waals surface area (Å²) in [5.41, 5.74) is 1.32. The molecule has 6 nitrogen and oxygen atoms in total. The third-order valence-electron chi connectivity index (χ3n) is 2.43. The number of furan rings is 1. The number of rotatable bonds is 3. The molecule has 2 N–H and O–H groups in total. The van der Waals surface area contributed by atoms with E-state index < -0.39 is 12.1 Å². The molecule has 0 bridgehead atoms. The Hall–Kier alpha value is -2.08. The number of aromatic nitrogens is 2. The zero-order valence-corrected chi connectivity index (χ0v) is 9.41. The quantitative estimate of drug-likeness (QED) is 0.833. The van der Waals surface area contributed by atoms with E-state index >= 15 is 0 Å². The van der Waals surface area contributed by atoms with Gasteiger partial charge in [0.2, 0.25) is 5.76 Å². The van der Waals surface area contributed by atoms with Crippen molar-refractivity contribution in [1.29, 1.82) is 0 Å². The minimum Gasteiger partial charge on any atom is -0.475 e. The maximum absolute atomic E-state index is 10.7. The van der Waals surface area contributed by atoms with Crippen LogP contribution in [0.15, 0.2) is 22.6 Å². The molecule has 0 aliphatic rings. The highest BCUT2D eigenvalue weighted by Gasteiger charge is 2.20. The van der Waals surface area contributed by atoms with Crippen LogP contribution in [0.5, 0.6) is 0 Å². The van der Waals surface area contributed by atoms with Crippen molar-refractivity contribution in [3.8, 4) is 0 Å². The second kappa shape index (κ2) is 4.06. The first kappa shape index (κ1) is 11.4. The SMILES string of the molecule is Cc1cc(C(O)c2ccc(C(=O)O)o2)n(C)n1. The number of hydrogen-bond donors (Lipinski definition) is 2. The van der Waals surface area contributed by atoms with E-state index in [0.29, 0.717) is 5.69 Å². The van der Waals surface area contributed by atoms with Crippen LogP contribution in [0, 0.1) is 6.92 Å². The third-order valence-corrected chi connectivity index (χ3v) is 2.43. The molecule has 0 spiro atoms. The zero-order valence-electron chi connectivity index (χ0n) is 9.41. The van der Waals surface area contributed by atoms with E-state index in [2.05, 4.69) is 5.10 Å². The number of aliphatic hydroxyl groups excluding tert-OH is 1. The van der Waals surface area contributed by atoms with Gasteiger partial charge in [-0.25, -0.2) is 4.79 Å². The summed E-state index contributed by atoms with van der Waals surface area (Å²) >= 11 is 0. The molecule has 2 aromatic rings. The molecule has 0 fully saturated rings. The summed E-state index contributed by atoms with van der Waals surface area (Å²) in [5.74, 6) is -1.17. The molecule has 0 saturated heterocycles. The highest BCUT2D eigenvalue weighted by atomic mass is 16.4. The molecule has 6 heteroatoms. The van der Waals surface area contributed by atoms with E-state index in [0.717, 1.165) is 5.69 Å². The average Bonchev–Trinajstić information content (AvgIpc) is 2.84. The minimum absolute atomic E-state index is 0.186. The second-order valence-corrected chi connectivity index (χ2v) is 3.74. The topological polar surface area (TPSA) is 88.5 Å². The molecular weight excluding hydrogens is 224 g/mol. The van der Waals surface area contributed by atoms with E-state index in [1.165, 1.54) is 16.8 Å². The fraction of sp³-hybridized carbons (Fsp3) is 0.273. The summed E-state index contributed by atoms with van der Waals surface area (Å²) < 4.78 is 6.57. The van der Waals surface area contributed by atoms with Crippen molar-refractivity contribution in [1.82, 2.24) is 9.78 Å². The summed E-state index contributed by atoms with van der Waals surface area (Å²) in [6.45, 7) is 1.81. The molecule has 0 aromatic carbocycles. The lowest BCUT2D eigenvalue weighted by atomic mass is 10.2. The van der Waals surface area contributed by atoms with Gasteiger partial charge in [-0.1, -0.05) is 0 Å². The van der Waals surface area contributed by atoms with Crippen molar-refractivity contribution in [3.63, 3.8) is 0 Å². The van der Waals surface area contributed by atoms with Crippen molar-refractivity contribution in [2.45, 2.75) is 13.0 Å². The molecule has 2 aromatic heterocycles. The van der Waals surface area contributed by atoms with E-state index in [4.69, 9.17) is 9.52 Å². The first-order valence-electron chi connectivity index (χ1n) is 5.00. The Bertz CT molecular complexity index is 556. The van der Waals surface area contributed by atoms with Gasteiger partial charge in [0.15, 0.2) is 6.10 Å². The van der Waals surface area contributed by atoms with Crippen LogP contribution in [0.3, 0.4) is 0 Å². The molecule has 2 heterocycles. The standard InChI is InChI=1S/C11H12N2O4/c1-6-5-7(13(2)12-6)10(14)8-3-4-9(17-8)11(15)16/h3-5,10,14H,1-2H3,(H,15,16). The van der Waals surface area contributed by atoms with Crippen LogP contribution in [0.2, 0.25) is 0 Å². The van der Waals surface area contributed by atoms with E-state index in [9.17, 15) is 9.90 Å². The molecule has 17 heavy (non-hydrogen) atoms. The molecule has 0 saturated carbocycles. The summed E-state index contributed by atoms with van der Waals surface area (Å²) in [6.07, 6.45) is -1.02. The first-order valence-corrected chi connectivity index (χ1v) is 5.00. The fourth-order valence-electron chi connectivity index (χ4n) is 1.65. The largest absolute Gasteiger partial charge is 0.475 e. The predicted molar refractivity (Wildman–Crippen MR) is 57.7 cm³/mol. The molecule has 2 rings (SSSR count). The fourth-order valence-corrected chi connectivity index (χ4v) is 1.65. The van der Waals surface area contributed by atoms with Crippen molar-refractivity contribution < 1.29 is 19.4 Å². The Labute approximate surface area is 97.1 Å². The van der Waals surface area contributed by atoms with Crippen LogP contribution in [0.25, 0.3) is 0 Å². The Kier molecular flexibility index (Phi) is 2.72. The molecular formula is C11H12N2O4. The number of carboxylic acids is 1. The van der Waals surface area contributed by atoms with Gasteiger partial charge in [0.25, 0.3) is 0 Å². The number of nitrogens with zero attached hydrogens (tertiary/aromatic N) is 2. The zero-order chi connectivity index (χ0) is 12.6. The van der Waals surface area contributed by atoms with Crippen molar-refractivity contribution in [3.05, 3.63) is 41.1 Å². The van der Waals surface area contributed by atoms with Gasteiger partial charge in [-0.15, -0.1) is 0 Å². The lowest BCUT2D eigenvalue weighted by molar-refractivity contribution is 0.0654. The average molecular weight is 236 g/mol. The van der Waals surface area contributed by atoms with E-state index in [1.807, 2.05) is 0 Å². The summed E-state index contributed by atoms with van der Waals surface area (Å²) in [6, 6.07) is 4.47. The Balaban J connectivity index is 2.33. The van der Waals surface area contributed by atoms with Crippen molar-refractivity contribution >= 4 is 5.97 Å². The normalized spacial score (nSPS) is 12.6. The summed E-state index contributed by atoms with van der Waals surface area (Å²) in [5, 5.41) is 22.8. The van der Waals surface area contributed by atoms with Crippen LogP contribution in [-0.2, 0) is 7.05 Å². The number of aromatic carboxylic acids is 1. The molecule has 0 amide bonds. The number of hydrogen-bond acceptors (Lipinski definition) is 4. The Morgan fingerprint density at radius 3 is 2.71 bits per heavy atom. The van der Waals surface area contributed by atoms with Gasteiger partial charge in [0.1, 0.15) is 5.76 Å². The smallest absolute Gasteiger partial charge is 0.371 e. The number of carboxylic acid groups (broad SMARTS) is 1. The highest BCUT2D eigenvalue weighted by Crippen LogP contribution is 2.24. The minimum atomic E-state index is -1.16. The second-order valence-electron chi connectivity index (χ2n) is 3.74. The van der Waals surface area contributed by atoms with Gasteiger partial charge in [0, 0.05) is 7.05 Å². The van der Waals surface area contributed by atoms with E-state index in [-0.39, 0.29) is 11.5 Å². The van der Waals surface area contributed by atoms with Gasteiger partial charge in [-0.05, 0) is 25.1 Å². The Morgan fingerprint density at radius 1 is 1.53 bits per heavy atom. The summed E-state index contributed by atoms with van der Waals surface area (Å²) in [4.78, 5) is 10.7. The highest BCUT2D eigenvalue weighted by molar-refractivity contribution is 5.84. The Morgan fingerprint density at radius 2 is 2.24 bits per heavy atom. The monoisotopic (exact) mass is 236 g/mol. The molecule has 0 aliphatic heterocycles. The maximum atomic E-state index is 10.7. The first-order chi connectivity index (χ1) is 7.99. The van der Waals surface area contributed by atoms with Crippen molar-refractivity contribution in [2.24, 2.45) is 7.05 Å². The van der Waals surface area contributed by atoms with Crippen LogP contribution in [0.1, 0.15) is 33.8 Å². The lowest BCUT2D eigenvalue weighted by Crippen LogP contribution is -2.05. The maximum Gasteiger partial charge on any atom is 0.371 e. The number of aryl methyl sites for hydroxylation is 2. The number of carbonyl (C=O) groups is 1. The van der Waals surface area contributed by atoms with Crippen LogP contribution in [0.4, 0.5) is 0 Å². The van der Waals surface area contributed by atoms with Crippen LogP contribution >= 0.6 is 0 Å². The van der Waals surface area contributed by atoms with Gasteiger partial charge in [-0.2, -0.15) is 5.10 Å². The molecule has 1 unspecified atom stereocenters. The van der Waals surface area contributed by atoms with Gasteiger partial charge < -0.3 is 14.6 Å². The van der Waals surface area contributed by atoms with Crippen LogP contribution in [-0.4, -0.2) is 26.0 Å². The van der Waals surface area contributed by atoms with E-state index in [1.54, 1.807) is 20.0 Å². The predicted octanol–water partition coefficient (Wildman–Crippen LogP) is 1.10. The van der Waals surface area contributed by atoms with Crippen LogP contribution < -0.4 is 0 Å². The molecule has 1 atom stereocenters. The van der Waals surface area contributed by atoms with Gasteiger partial charge in [-0.3, -0.25) is 4.68 Å². The molecule has 0 radical (unpaired) electrons. The molecule has 0 aliphatic carbocycles. The lowest BCUT2D eigenvalue weighted by Gasteiger charge is -2.07. The third kappa shape index (κ3) is 2.07. The number of aliphatic hydroxyl groups is 1. The summed E-state index contributed by atoms with van der Waals surface area (Å²) in [7, 11) is 1.70. The van der Waals surface area contributed by atoms with Gasteiger partial charge in [0.05, 0.1) is 11.4 Å².